The van der Waals surface area contributed by atoms with Gasteiger partial charge in [0.1, 0.15) is 0 Å². The molecular weight excluding hydrogens is 132 g/mol. The molecule has 1 atom stereocenters. The van der Waals surface area contributed by atoms with E-state index in [2.05, 4.69) is 6.58 Å². The van der Waals surface area contributed by atoms with Crippen molar-refractivity contribution in [2.45, 2.75) is 25.7 Å². The molecule has 52 valence electrons. The molecule has 0 aromatic carbocycles. The van der Waals surface area contributed by atoms with Gasteiger partial charge >= 0.3 is 0 Å². The number of alkyl halides is 1. The van der Waals surface area contributed by atoms with Gasteiger partial charge in [-0.1, -0.05) is 18.6 Å². The smallest absolute Gasteiger partial charge is 0.0288 e. The van der Waals surface area contributed by atoms with Crippen molar-refractivity contribution in [2.24, 2.45) is 5.92 Å². The number of halogens is 1. The average Bonchev–Trinajstić information content (AvgIpc) is 1.89. The van der Waals surface area contributed by atoms with Gasteiger partial charge in [-0.2, -0.15) is 0 Å². The zero-order valence-electron chi connectivity index (χ0n) is 5.70. The van der Waals surface area contributed by atoms with Gasteiger partial charge in [0, 0.05) is 5.88 Å². The summed E-state index contributed by atoms with van der Waals surface area (Å²) in [4.78, 5) is 0. The Balaban J connectivity index is 2.39. The van der Waals surface area contributed by atoms with Crippen molar-refractivity contribution < 1.29 is 0 Å². The molecule has 0 saturated heterocycles. The fourth-order valence-electron chi connectivity index (χ4n) is 1.34. The van der Waals surface area contributed by atoms with Crippen LogP contribution in [0.2, 0.25) is 0 Å². The van der Waals surface area contributed by atoms with Crippen LogP contribution in [0.5, 0.6) is 0 Å². The molecule has 1 heteroatoms. The lowest BCUT2D eigenvalue weighted by molar-refractivity contribution is 0.489. The van der Waals surface area contributed by atoms with Crippen LogP contribution in [0, 0.1) is 5.92 Å². The minimum atomic E-state index is 0.625. The molecule has 0 amide bonds. The van der Waals surface area contributed by atoms with Crippen molar-refractivity contribution in [3.8, 4) is 0 Å². The second-order valence-corrected chi connectivity index (χ2v) is 3.06. The van der Waals surface area contributed by atoms with Gasteiger partial charge in [0.05, 0.1) is 0 Å². The van der Waals surface area contributed by atoms with Gasteiger partial charge in [0.25, 0.3) is 0 Å². The monoisotopic (exact) mass is 144 g/mol. The maximum Gasteiger partial charge on any atom is 0.0288 e. The highest BCUT2D eigenvalue weighted by molar-refractivity contribution is 6.18. The summed E-state index contributed by atoms with van der Waals surface area (Å²) in [5.41, 5.74) is 1.37. The van der Waals surface area contributed by atoms with E-state index in [1.54, 1.807) is 0 Å². The van der Waals surface area contributed by atoms with Gasteiger partial charge in [-0.3, -0.25) is 0 Å². The fraction of sp³-hybridized carbons (Fsp3) is 0.750. The van der Waals surface area contributed by atoms with Crippen molar-refractivity contribution in [1.82, 2.24) is 0 Å². The first kappa shape index (κ1) is 7.14. The molecule has 9 heavy (non-hydrogen) atoms. The minimum Gasteiger partial charge on any atom is -0.126 e. The summed E-state index contributed by atoms with van der Waals surface area (Å²) >= 11 is 5.71. The third-order valence-electron chi connectivity index (χ3n) is 2.06. The zero-order chi connectivity index (χ0) is 6.69. The molecule has 1 aliphatic carbocycles. The molecule has 1 unspecified atom stereocenters. The number of hydrogen-bond donors (Lipinski definition) is 0. The molecule has 0 aliphatic heterocycles. The molecule has 0 spiro atoms. The van der Waals surface area contributed by atoms with E-state index in [1.165, 1.54) is 31.3 Å². The molecule has 0 aromatic rings. The van der Waals surface area contributed by atoms with Crippen LogP contribution in [0.25, 0.3) is 0 Å². The van der Waals surface area contributed by atoms with Gasteiger partial charge in [0.15, 0.2) is 0 Å². The van der Waals surface area contributed by atoms with Gasteiger partial charge in [-0.15, -0.1) is 11.6 Å². The summed E-state index contributed by atoms with van der Waals surface area (Å²) in [5.74, 6) is 1.40. The normalized spacial score (nSPS) is 28.6. The van der Waals surface area contributed by atoms with Crippen LogP contribution in [0.4, 0.5) is 0 Å². The molecule has 0 radical (unpaired) electrons. The van der Waals surface area contributed by atoms with E-state index in [-0.39, 0.29) is 0 Å². The van der Waals surface area contributed by atoms with Gasteiger partial charge in [-0.05, 0) is 25.2 Å². The predicted molar refractivity (Wildman–Crippen MR) is 41.8 cm³/mol. The Morgan fingerprint density at radius 1 is 1.56 bits per heavy atom. The molecular formula is C8H13Cl. The van der Waals surface area contributed by atoms with E-state index in [9.17, 15) is 0 Å². The summed E-state index contributed by atoms with van der Waals surface area (Å²) in [7, 11) is 0. The summed E-state index contributed by atoms with van der Waals surface area (Å²) in [6.07, 6.45) is 5.14. The van der Waals surface area contributed by atoms with E-state index in [1.807, 2.05) is 0 Å². The van der Waals surface area contributed by atoms with Crippen molar-refractivity contribution in [3.05, 3.63) is 12.2 Å². The maximum atomic E-state index is 5.71. The second-order valence-electron chi connectivity index (χ2n) is 2.76. The molecule has 1 saturated carbocycles. The molecule has 1 fully saturated rings. The molecule has 0 aromatic heterocycles. The van der Waals surface area contributed by atoms with Crippen molar-refractivity contribution in [3.63, 3.8) is 0 Å². The standard InChI is InChI=1S/C8H13Cl/c1-7-4-2-3-5-8(7)6-9/h8H,1-6H2. The number of allylic oxidation sites excluding steroid dienone is 1. The van der Waals surface area contributed by atoms with Crippen molar-refractivity contribution in [1.29, 1.82) is 0 Å². The largest absolute Gasteiger partial charge is 0.126 e. The summed E-state index contributed by atoms with van der Waals surface area (Å²) in [6, 6.07) is 0. The van der Waals surface area contributed by atoms with Gasteiger partial charge in [0.2, 0.25) is 0 Å². The van der Waals surface area contributed by atoms with E-state index in [0.717, 1.165) is 5.88 Å². The lowest BCUT2D eigenvalue weighted by Gasteiger charge is -2.21. The Morgan fingerprint density at radius 2 is 2.33 bits per heavy atom. The quantitative estimate of drug-likeness (QED) is 0.392. The molecule has 0 nitrogen and oxygen atoms in total. The fourth-order valence-corrected chi connectivity index (χ4v) is 1.71. The SMILES string of the molecule is C=C1CCCCC1CCl. The summed E-state index contributed by atoms with van der Waals surface area (Å²) < 4.78 is 0. The highest BCUT2D eigenvalue weighted by Crippen LogP contribution is 2.28. The van der Waals surface area contributed by atoms with Crippen molar-refractivity contribution >= 4 is 11.6 Å². The summed E-state index contributed by atoms with van der Waals surface area (Å²) in [5, 5.41) is 0. The van der Waals surface area contributed by atoms with E-state index >= 15 is 0 Å². The van der Waals surface area contributed by atoms with Gasteiger partial charge in [-0.25, -0.2) is 0 Å². The average molecular weight is 145 g/mol. The van der Waals surface area contributed by atoms with Crippen LogP contribution in [0.1, 0.15) is 25.7 Å². The zero-order valence-corrected chi connectivity index (χ0v) is 6.45. The van der Waals surface area contributed by atoms with Crippen LogP contribution in [-0.2, 0) is 0 Å². The van der Waals surface area contributed by atoms with E-state index < -0.39 is 0 Å². The van der Waals surface area contributed by atoms with Crippen LogP contribution < -0.4 is 0 Å². The first-order valence-corrected chi connectivity index (χ1v) is 4.11. The van der Waals surface area contributed by atoms with Crippen molar-refractivity contribution in [2.75, 3.05) is 5.88 Å². The highest BCUT2D eigenvalue weighted by atomic mass is 35.5. The topological polar surface area (TPSA) is 0 Å². The second kappa shape index (κ2) is 3.26. The Labute approximate surface area is 61.9 Å². The van der Waals surface area contributed by atoms with Crippen LogP contribution in [-0.4, -0.2) is 5.88 Å². The number of rotatable bonds is 1. The third-order valence-corrected chi connectivity index (χ3v) is 2.44. The minimum absolute atomic E-state index is 0.625. The van der Waals surface area contributed by atoms with Crippen LogP contribution in [0.3, 0.4) is 0 Å². The molecule has 0 heterocycles. The third kappa shape index (κ3) is 1.72. The van der Waals surface area contributed by atoms with E-state index in [4.69, 9.17) is 11.6 Å². The Hall–Kier alpha value is 0.0300. The molecule has 0 N–H and O–H groups in total. The Bertz CT molecular complexity index is 107. The van der Waals surface area contributed by atoms with Crippen LogP contribution >= 0.6 is 11.6 Å². The van der Waals surface area contributed by atoms with Gasteiger partial charge < -0.3 is 0 Å². The Morgan fingerprint density at radius 3 is 2.78 bits per heavy atom. The molecule has 1 rings (SSSR count). The molecule has 1 aliphatic rings. The Kier molecular flexibility index (Phi) is 2.59. The lowest BCUT2D eigenvalue weighted by atomic mass is 9.87. The summed E-state index contributed by atoms with van der Waals surface area (Å²) in [6.45, 7) is 3.98. The maximum absolute atomic E-state index is 5.71. The lowest BCUT2D eigenvalue weighted by Crippen LogP contribution is -2.09. The first-order chi connectivity index (χ1) is 4.34. The molecule has 0 bridgehead atoms. The van der Waals surface area contributed by atoms with Crippen LogP contribution in [0.15, 0.2) is 12.2 Å². The van der Waals surface area contributed by atoms with E-state index in [0.29, 0.717) is 5.92 Å². The predicted octanol–water partition coefficient (Wildman–Crippen LogP) is 2.97. The number of hydrogen-bond acceptors (Lipinski definition) is 0. The highest BCUT2D eigenvalue weighted by Gasteiger charge is 2.14. The first-order valence-electron chi connectivity index (χ1n) is 3.58.